The van der Waals surface area contributed by atoms with E-state index in [0.29, 0.717) is 6.54 Å². The molecule has 94 valence electrons. The molecular weight excluding hydrogens is 224 g/mol. The maximum Gasteiger partial charge on any atom is 0.233 e. The number of nitrogens with zero attached hydrogens (tertiary/aromatic N) is 2. The SMILES string of the molecule is CC(C)(C(=O)N1CCCC1C#N)c1ccccc1. The molecule has 1 aliphatic heterocycles. The molecule has 1 fully saturated rings. The minimum atomic E-state index is -0.569. The highest BCUT2D eigenvalue weighted by Crippen LogP contribution is 2.29. The Morgan fingerprint density at radius 2 is 2.06 bits per heavy atom. The fraction of sp³-hybridized carbons (Fsp3) is 0.467. The fourth-order valence-electron chi connectivity index (χ4n) is 2.48. The van der Waals surface area contributed by atoms with Crippen LogP contribution >= 0.6 is 0 Å². The Hall–Kier alpha value is -1.82. The topological polar surface area (TPSA) is 44.1 Å². The Kier molecular flexibility index (Phi) is 3.38. The summed E-state index contributed by atoms with van der Waals surface area (Å²) >= 11 is 0. The molecule has 1 unspecified atom stereocenters. The second kappa shape index (κ2) is 4.81. The van der Waals surface area contributed by atoms with Crippen molar-refractivity contribution in [3.63, 3.8) is 0 Å². The van der Waals surface area contributed by atoms with Gasteiger partial charge in [0.15, 0.2) is 0 Å². The molecule has 2 rings (SSSR count). The minimum absolute atomic E-state index is 0.0535. The highest BCUT2D eigenvalue weighted by Gasteiger charge is 2.38. The Bertz CT molecular complexity index is 473. The first-order chi connectivity index (χ1) is 8.57. The lowest BCUT2D eigenvalue weighted by molar-refractivity contribution is -0.136. The summed E-state index contributed by atoms with van der Waals surface area (Å²) in [5.41, 5.74) is 0.430. The summed E-state index contributed by atoms with van der Waals surface area (Å²) in [5.74, 6) is 0.0535. The van der Waals surface area contributed by atoms with Crippen molar-refractivity contribution in [2.45, 2.75) is 38.1 Å². The van der Waals surface area contributed by atoms with Gasteiger partial charge in [0.25, 0.3) is 0 Å². The van der Waals surface area contributed by atoms with Crippen molar-refractivity contribution in [2.75, 3.05) is 6.54 Å². The van der Waals surface area contributed by atoms with Crippen LogP contribution in [0, 0.1) is 11.3 Å². The lowest BCUT2D eigenvalue weighted by Crippen LogP contribution is -2.45. The monoisotopic (exact) mass is 242 g/mol. The summed E-state index contributed by atoms with van der Waals surface area (Å²) in [7, 11) is 0. The number of likely N-dealkylation sites (tertiary alicyclic amines) is 1. The molecule has 1 aliphatic rings. The zero-order valence-electron chi connectivity index (χ0n) is 10.9. The van der Waals surface area contributed by atoms with Gasteiger partial charge in [0.1, 0.15) is 6.04 Å². The van der Waals surface area contributed by atoms with E-state index < -0.39 is 5.41 Å². The zero-order valence-corrected chi connectivity index (χ0v) is 10.9. The van der Waals surface area contributed by atoms with Crippen LogP contribution in [0.3, 0.4) is 0 Å². The van der Waals surface area contributed by atoms with Crippen molar-refractivity contribution in [3.05, 3.63) is 35.9 Å². The van der Waals surface area contributed by atoms with Gasteiger partial charge in [-0.2, -0.15) is 5.26 Å². The highest BCUT2D eigenvalue weighted by atomic mass is 16.2. The van der Waals surface area contributed by atoms with Crippen LogP contribution in [-0.4, -0.2) is 23.4 Å². The first-order valence-electron chi connectivity index (χ1n) is 6.33. The predicted octanol–water partition coefficient (Wildman–Crippen LogP) is 2.48. The van der Waals surface area contributed by atoms with Crippen LogP contribution in [0.4, 0.5) is 0 Å². The Morgan fingerprint density at radius 3 is 2.67 bits per heavy atom. The Labute approximate surface area is 108 Å². The van der Waals surface area contributed by atoms with E-state index >= 15 is 0 Å². The van der Waals surface area contributed by atoms with E-state index in [1.165, 1.54) is 0 Å². The van der Waals surface area contributed by atoms with Gasteiger partial charge in [0, 0.05) is 6.54 Å². The third kappa shape index (κ3) is 2.11. The summed E-state index contributed by atoms with van der Waals surface area (Å²) in [5, 5.41) is 9.08. The molecule has 0 bridgehead atoms. The van der Waals surface area contributed by atoms with Crippen LogP contribution < -0.4 is 0 Å². The first kappa shape index (κ1) is 12.6. The van der Waals surface area contributed by atoms with Crippen molar-refractivity contribution < 1.29 is 4.79 Å². The number of benzene rings is 1. The quantitative estimate of drug-likeness (QED) is 0.799. The molecule has 0 N–H and O–H groups in total. The number of carbonyl (C=O) groups is 1. The third-order valence-corrected chi connectivity index (χ3v) is 3.69. The number of hydrogen-bond acceptors (Lipinski definition) is 2. The lowest BCUT2D eigenvalue weighted by Gasteiger charge is -2.31. The van der Waals surface area contributed by atoms with Crippen molar-refractivity contribution in [1.29, 1.82) is 5.26 Å². The number of nitriles is 1. The summed E-state index contributed by atoms with van der Waals surface area (Å²) in [4.78, 5) is 14.3. The molecule has 0 radical (unpaired) electrons. The molecule has 0 spiro atoms. The van der Waals surface area contributed by atoms with Gasteiger partial charge >= 0.3 is 0 Å². The van der Waals surface area contributed by atoms with Crippen LogP contribution in [0.25, 0.3) is 0 Å². The first-order valence-corrected chi connectivity index (χ1v) is 6.33. The molecular formula is C15H18N2O. The largest absolute Gasteiger partial charge is 0.326 e. The summed E-state index contributed by atoms with van der Waals surface area (Å²) in [6, 6.07) is 11.7. The van der Waals surface area contributed by atoms with Crippen LogP contribution in [0.2, 0.25) is 0 Å². The average molecular weight is 242 g/mol. The maximum atomic E-state index is 12.6. The standard InChI is InChI=1S/C15H18N2O/c1-15(2,12-7-4-3-5-8-12)14(18)17-10-6-9-13(17)11-16/h3-5,7-8,13H,6,9-10H2,1-2H3. The molecule has 1 aromatic carbocycles. The molecule has 3 nitrogen and oxygen atoms in total. The third-order valence-electron chi connectivity index (χ3n) is 3.69. The molecule has 0 aromatic heterocycles. The average Bonchev–Trinajstić information content (AvgIpc) is 2.87. The Morgan fingerprint density at radius 1 is 1.39 bits per heavy atom. The van der Waals surface area contributed by atoms with E-state index in [-0.39, 0.29) is 11.9 Å². The van der Waals surface area contributed by atoms with Crippen LogP contribution in [0.1, 0.15) is 32.3 Å². The molecule has 1 atom stereocenters. The van der Waals surface area contributed by atoms with Gasteiger partial charge in [0.05, 0.1) is 11.5 Å². The van der Waals surface area contributed by atoms with E-state index in [4.69, 9.17) is 5.26 Å². The van der Waals surface area contributed by atoms with Gasteiger partial charge in [-0.05, 0) is 32.3 Å². The van der Waals surface area contributed by atoms with Crippen LogP contribution in [-0.2, 0) is 10.2 Å². The van der Waals surface area contributed by atoms with Crippen LogP contribution in [0.15, 0.2) is 30.3 Å². The van der Waals surface area contributed by atoms with E-state index in [1.54, 1.807) is 4.90 Å². The van der Waals surface area contributed by atoms with Crippen molar-refractivity contribution in [1.82, 2.24) is 4.90 Å². The summed E-state index contributed by atoms with van der Waals surface area (Å²) < 4.78 is 0. The van der Waals surface area contributed by atoms with Gasteiger partial charge in [-0.3, -0.25) is 4.79 Å². The summed E-state index contributed by atoms with van der Waals surface area (Å²) in [6.45, 7) is 4.56. The normalized spacial score (nSPS) is 19.6. The number of carbonyl (C=O) groups excluding carboxylic acids is 1. The predicted molar refractivity (Wildman–Crippen MR) is 69.8 cm³/mol. The lowest BCUT2D eigenvalue weighted by atomic mass is 9.83. The molecule has 0 saturated carbocycles. The second-order valence-corrected chi connectivity index (χ2v) is 5.28. The van der Waals surface area contributed by atoms with Crippen LogP contribution in [0.5, 0.6) is 0 Å². The molecule has 1 aromatic rings. The highest BCUT2D eigenvalue weighted by molar-refractivity contribution is 5.88. The van der Waals surface area contributed by atoms with E-state index in [9.17, 15) is 4.79 Å². The fourth-order valence-corrected chi connectivity index (χ4v) is 2.48. The van der Waals surface area contributed by atoms with E-state index in [1.807, 2.05) is 44.2 Å². The molecule has 1 heterocycles. The molecule has 1 amide bonds. The van der Waals surface area contributed by atoms with Gasteiger partial charge in [-0.1, -0.05) is 30.3 Å². The van der Waals surface area contributed by atoms with Gasteiger partial charge in [0.2, 0.25) is 5.91 Å². The molecule has 0 aliphatic carbocycles. The number of rotatable bonds is 2. The van der Waals surface area contributed by atoms with Crippen molar-refractivity contribution >= 4 is 5.91 Å². The Balaban J connectivity index is 2.26. The van der Waals surface area contributed by atoms with Gasteiger partial charge in [-0.15, -0.1) is 0 Å². The number of amides is 1. The summed E-state index contributed by atoms with van der Waals surface area (Å²) in [6.07, 6.45) is 1.72. The van der Waals surface area contributed by atoms with E-state index in [0.717, 1.165) is 18.4 Å². The second-order valence-electron chi connectivity index (χ2n) is 5.28. The number of hydrogen-bond donors (Lipinski definition) is 0. The van der Waals surface area contributed by atoms with Gasteiger partial charge in [-0.25, -0.2) is 0 Å². The maximum absolute atomic E-state index is 12.6. The molecule has 18 heavy (non-hydrogen) atoms. The van der Waals surface area contributed by atoms with Gasteiger partial charge < -0.3 is 4.90 Å². The smallest absolute Gasteiger partial charge is 0.233 e. The van der Waals surface area contributed by atoms with Crippen molar-refractivity contribution in [3.8, 4) is 6.07 Å². The zero-order chi connectivity index (χ0) is 13.2. The minimum Gasteiger partial charge on any atom is -0.326 e. The molecule has 3 heteroatoms. The van der Waals surface area contributed by atoms with Crippen molar-refractivity contribution in [2.24, 2.45) is 0 Å². The van der Waals surface area contributed by atoms with E-state index in [2.05, 4.69) is 6.07 Å². The molecule has 1 saturated heterocycles.